The number of aromatic nitrogens is 2. The Labute approximate surface area is 158 Å². The third kappa shape index (κ3) is 1.79. The monoisotopic (exact) mass is 367 g/mol. The van der Waals surface area contributed by atoms with Gasteiger partial charge in [-0.3, -0.25) is 4.79 Å². The van der Waals surface area contributed by atoms with Crippen LogP contribution in [0.4, 0.5) is 0 Å². The van der Waals surface area contributed by atoms with Crippen LogP contribution < -0.4 is 14.8 Å². The summed E-state index contributed by atoms with van der Waals surface area (Å²) in [4.78, 5) is 23.4. The van der Waals surface area contributed by atoms with Crippen LogP contribution in [0.2, 0.25) is 0 Å². The fourth-order valence-corrected chi connectivity index (χ4v) is 5.39. The summed E-state index contributed by atoms with van der Waals surface area (Å²) in [5, 5.41) is 3.14. The molecule has 1 aromatic heterocycles. The highest BCUT2D eigenvalue weighted by atomic mass is 16.7. The summed E-state index contributed by atoms with van der Waals surface area (Å²) in [6.45, 7) is 9.61. The van der Waals surface area contributed by atoms with Crippen LogP contribution in [0.5, 0.6) is 11.5 Å². The first kappa shape index (κ1) is 16.8. The van der Waals surface area contributed by atoms with Gasteiger partial charge in [-0.1, -0.05) is 27.7 Å². The SMILES string of the molecule is CCCNC(=O)C12CCC(C)(c3nc4cc5c(cc4nc31)OCO5)C2(C)C. The molecule has 2 heterocycles. The second-order valence-electron chi connectivity index (χ2n) is 8.73. The Hall–Kier alpha value is -2.37. The van der Waals surface area contributed by atoms with E-state index in [-0.39, 0.29) is 23.5 Å². The summed E-state index contributed by atoms with van der Waals surface area (Å²) in [5.41, 5.74) is 2.30. The Morgan fingerprint density at radius 3 is 2.33 bits per heavy atom. The molecule has 27 heavy (non-hydrogen) atoms. The average Bonchev–Trinajstić information content (AvgIpc) is 3.21. The lowest BCUT2D eigenvalue weighted by molar-refractivity contribution is -0.130. The predicted molar refractivity (Wildman–Crippen MR) is 101 cm³/mol. The van der Waals surface area contributed by atoms with Gasteiger partial charge in [0.05, 0.1) is 27.8 Å². The van der Waals surface area contributed by atoms with Crippen molar-refractivity contribution in [2.24, 2.45) is 5.41 Å². The Bertz CT molecular complexity index is 986. The number of ether oxygens (including phenoxy) is 2. The van der Waals surface area contributed by atoms with Crippen molar-refractivity contribution in [2.45, 2.75) is 57.8 Å². The van der Waals surface area contributed by atoms with Crippen molar-refractivity contribution in [3.05, 3.63) is 23.5 Å². The van der Waals surface area contributed by atoms with Gasteiger partial charge in [0, 0.05) is 24.1 Å². The maximum absolute atomic E-state index is 13.4. The third-order valence-corrected chi connectivity index (χ3v) is 7.46. The fraction of sp³-hybridized carbons (Fsp3) is 0.571. The first-order chi connectivity index (χ1) is 12.8. The minimum atomic E-state index is -0.635. The number of fused-ring (bicyclic) bond motifs is 7. The molecule has 1 aliphatic heterocycles. The molecule has 2 aliphatic carbocycles. The lowest BCUT2D eigenvalue weighted by Crippen LogP contribution is -2.51. The predicted octanol–water partition coefficient (Wildman–Crippen LogP) is 3.21. The van der Waals surface area contributed by atoms with Crippen LogP contribution in [-0.2, 0) is 15.6 Å². The fourth-order valence-electron chi connectivity index (χ4n) is 5.39. The van der Waals surface area contributed by atoms with Crippen LogP contribution in [0.3, 0.4) is 0 Å². The Morgan fingerprint density at radius 2 is 1.70 bits per heavy atom. The van der Waals surface area contributed by atoms with Crippen LogP contribution in [-0.4, -0.2) is 29.2 Å². The van der Waals surface area contributed by atoms with E-state index in [1.165, 1.54) is 0 Å². The molecule has 6 heteroatoms. The van der Waals surface area contributed by atoms with E-state index in [1.54, 1.807) is 0 Å². The van der Waals surface area contributed by atoms with Crippen LogP contribution in [0, 0.1) is 5.41 Å². The number of nitrogens with one attached hydrogen (secondary N) is 1. The van der Waals surface area contributed by atoms with E-state index in [0.717, 1.165) is 41.7 Å². The zero-order valence-corrected chi connectivity index (χ0v) is 16.3. The highest BCUT2D eigenvalue weighted by molar-refractivity contribution is 5.93. The Balaban J connectivity index is 1.76. The molecule has 1 fully saturated rings. The van der Waals surface area contributed by atoms with Crippen molar-refractivity contribution in [1.29, 1.82) is 0 Å². The highest BCUT2D eigenvalue weighted by Gasteiger charge is 2.73. The van der Waals surface area contributed by atoms with E-state index >= 15 is 0 Å². The molecule has 2 atom stereocenters. The number of amides is 1. The molecule has 142 valence electrons. The molecule has 1 amide bonds. The first-order valence-electron chi connectivity index (χ1n) is 9.76. The molecule has 0 spiro atoms. The molecular formula is C21H25N3O3. The van der Waals surface area contributed by atoms with Crippen LogP contribution >= 0.6 is 0 Å². The van der Waals surface area contributed by atoms with Gasteiger partial charge in [-0.2, -0.15) is 0 Å². The summed E-state index contributed by atoms with van der Waals surface area (Å²) >= 11 is 0. The summed E-state index contributed by atoms with van der Waals surface area (Å²) in [7, 11) is 0. The van der Waals surface area contributed by atoms with Gasteiger partial charge >= 0.3 is 0 Å². The first-order valence-corrected chi connectivity index (χ1v) is 9.76. The molecule has 1 N–H and O–H groups in total. The maximum atomic E-state index is 13.4. The number of carbonyl (C=O) groups excluding carboxylic acids is 1. The summed E-state index contributed by atoms with van der Waals surface area (Å²) in [5.74, 6) is 1.49. The van der Waals surface area contributed by atoms with E-state index in [2.05, 4.69) is 33.0 Å². The molecule has 2 aromatic rings. The van der Waals surface area contributed by atoms with E-state index in [1.807, 2.05) is 12.1 Å². The smallest absolute Gasteiger partial charge is 0.232 e. The number of carbonyl (C=O) groups is 1. The van der Waals surface area contributed by atoms with E-state index in [9.17, 15) is 4.79 Å². The molecule has 6 nitrogen and oxygen atoms in total. The molecule has 2 bridgehead atoms. The standard InChI is InChI=1S/C21H25N3O3/c1-5-8-22-18(25)21-7-6-20(4,19(21,2)3)16-17(21)24-13-10-15-14(26-11-27-15)9-12(13)23-16/h9-10H,5-8,11H2,1-4H3,(H,22,25). The van der Waals surface area contributed by atoms with E-state index in [0.29, 0.717) is 18.0 Å². The molecule has 1 aromatic carbocycles. The normalized spacial score (nSPS) is 29.2. The summed E-state index contributed by atoms with van der Waals surface area (Å²) in [6.07, 6.45) is 2.67. The van der Waals surface area contributed by atoms with Crippen molar-refractivity contribution in [3.63, 3.8) is 0 Å². The van der Waals surface area contributed by atoms with Crippen molar-refractivity contribution < 1.29 is 14.3 Å². The molecule has 3 aliphatic rings. The number of hydrogen-bond donors (Lipinski definition) is 1. The molecular weight excluding hydrogens is 342 g/mol. The topological polar surface area (TPSA) is 73.3 Å². The second-order valence-corrected chi connectivity index (χ2v) is 8.73. The number of hydrogen-bond acceptors (Lipinski definition) is 5. The van der Waals surface area contributed by atoms with E-state index in [4.69, 9.17) is 19.4 Å². The highest BCUT2D eigenvalue weighted by Crippen LogP contribution is 2.70. The maximum Gasteiger partial charge on any atom is 0.232 e. The van der Waals surface area contributed by atoms with Crippen molar-refractivity contribution in [1.82, 2.24) is 15.3 Å². The van der Waals surface area contributed by atoms with Gasteiger partial charge in [0.2, 0.25) is 12.7 Å². The van der Waals surface area contributed by atoms with E-state index < -0.39 is 5.41 Å². The second kappa shape index (κ2) is 5.12. The van der Waals surface area contributed by atoms with Crippen LogP contribution in [0.15, 0.2) is 12.1 Å². The lowest BCUT2D eigenvalue weighted by atomic mass is 9.63. The van der Waals surface area contributed by atoms with Crippen molar-refractivity contribution in [3.8, 4) is 11.5 Å². The summed E-state index contributed by atoms with van der Waals surface area (Å²) < 4.78 is 11.0. The van der Waals surface area contributed by atoms with Gasteiger partial charge in [0.15, 0.2) is 11.5 Å². The van der Waals surface area contributed by atoms with Gasteiger partial charge in [-0.25, -0.2) is 9.97 Å². The Morgan fingerprint density at radius 1 is 1.07 bits per heavy atom. The van der Waals surface area contributed by atoms with Gasteiger partial charge in [0.25, 0.3) is 0 Å². The van der Waals surface area contributed by atoms with Crippen molar-refractivity contribution >= 4 is 16.9 Å². The molecule has 2 unspecified atom stereocenters. The molecule has 0 saturated heterocycles. The molecule has 1 saturated carbocycles. The molecule has 5 rings (SSSR count). The quantitative estimate of drug-likeness (QED) is 0.902. The van der Waals surface area contributed by atoms with Gasteiger partial charge in [-0.05, 0) is 24.7 Å². The average molecular weight is 367 g/mol. The van der Waals surface area contributed by atoms with Gasteiger partial charge < -0.3 is 14.8 Å². The number of nitrogens with zero attached hydrogens (tertiary/aromatic N) is 2. The zero-order chi connectivity index (χ0) is 19.0. The van der Waals surface area contributed by atoms with Crippen LogP contribution in [0.25, 0.3) is 11.0 Å². The molecule has 0 radical (unpaired) electrons. The van der Waals surface area contributed by atoms with Gasteiger partial charge in [-0.15, -0.1) is 0 Å². The van der Waals surface area contributed by atoms with Crippen LogP contribution in [0.1, 0.15) is 58.3 Å². The summed E-state index contributed by atoms with van der Waals surface area (Å²) in [6, 6.07) is 3.78. The minimum Gasteiger partial charge on any atom is -0.454 e. The number of rotatable bonds is 3. The lowest BCUT2D eigenvalue weighted by Gasteiger charge is -2.39. The number of benzene rings is 1. The Kier molecular flexibility index (Phi) is 3.18. The minimum absolute atomic E-state index is 0.0891. The van der Waals surface area contributed by atoms with Gasteiger partial charge in [0.1, 0.15) is 0 Å². The third-order valence-electron chi connectivity index (χ3n) is 7.46. The largest absolute Gasteiger partial charge is 0.454 e. The zero-order valence-electron chi connectivity index (χ0n) is 16.3. The van der Waals surface area contributed by atoms with Crippen molar-refractivity contribution in [2.75, 3.05) is 13.3 Å².